The number of fused-ring (bicyclic) bond motifs is 1. The standard InChI is InChI=1S/C11H11FO5S/c1-2-16-11(13)10-6-7-5-8(12)3-4-9(7)17-18(10,14)15/h3-5,10H,2,6H2,1H3. The molecule has 1 atom stereocenters. The van der Waals surface area contributed by atoms with Crippen LogP contribution in [0.1, 0.15) is 12.5 Å². The van der Waals surface area contributed by atoms with E-state index >= 15 is 0 Å². The number of hydrogen-bond acceptors (Lipinski definition) is 5. The number of hydrogen-bond donors (Lipinski definition) is 0. The minimum absolute atomic E-state index is 0.0527. The average Bonchev–Trinajstić information content (AvgIpc) is 2.28. The van der Waals surface area contributed by atoms with E-state index in [2.05, 4.69) is 4.74 Å². The number of benzene rings is 1. The Kier molecular flexibility index (Phi) is 3.25. The number of halogens is 1. The van der Waals surface area contributed by atoms with Gasteiger partial charge in [0.25, 0.3) is 0 Å². The van der Waals surface area contributed by atoms with E-state index in [1.807, 2.05) is 0 Å². The zero-order valence-electron chi connectivity index (χ0n) is 9.55. The fourth-order valence-electron chi connectivity index (χ4n) is 1.71. The lowest BCUT2D eigenvalue weighted by Gasteiger charge is -2.23. The SMILES string of the molecule is CCOC(=O)C1Cc2cc(F)ccc2OS1(=O)=O. The van der Waals surface area contributed by atoms with Crippen molar-refractivity contribution in [2.24, 2.45) is 0 Å². The van der Waals surface area contributed by atoms with E-state index < -0.39 is 27.2 Å². The number of carbonyl (C=O) groups excluding carboxylic acids is 1. The van der Waals surface area contributed by atoms with Crippen molar-refractivity contribution in [3.05, 3.63) is 29.6 Å². The second-order valence-corrected chi connectivity index (χ2v) is 5.49. The molecule has 0 aliphatic carbocycles. The van der Waals surface area contributed by atoms with Crippen LogP contribution < -0.4 is 4.18 Å². The van der Waals surface area contributed by atoms with Gasteiger partial charge in [0.2, 0.25) is 0 Å². The maximum absolute atomic E-state index is 13.0. The second-order valence-electron chi connectivity index (χ2n) is 3.77. The normalized spacial score (nSPS) is 20.7. The van der Waals surface area contributed by atoms with Gasteiger partial charge in [-0.25, -0.2) is 4.39 Å². The van der Waals surface area contributed by atoms with Crippen molar-refractivity contribution in [1.82, 2.24) is 0 Å². The second kappa shape index (κ2) is 4.56. The Morgan fingerprint density at radius 1 is 1.56 bits per heavy atom. The molecule has 0 spiro atoms. The van der Waals surface area contributed by atoms with Crippen LogP contribution in [0.2, 0.25) is 0 Å². The van der Waals surface area contributed by atoms with E-state index in [1.54, 1.807) is 6.92 Å². The highest BCUT2D eigenvalue weighted by atomic mass is 32.2. The van der Waals surface area contributed by atoms with Crippen LogP contribution in [0.3, 0.4) is 0 Å². The molecule has 5 nitrogen and oxygen atoms in total. The maximum atomic E-state index is 13.0. The van der Waals surface area contributed by atoms with Gasteiger partial charge in [0.1, 0.15) is 11.6 Å². The van der Waals surface area contributed by atoms with Gasteiger partial charge >= 0.3 is 16.1 Å². The first-order valence-electron chi connectivity index (χ1n) is 5.32. The molecule has 0 saturated heterocycles. The predicted octanol–water partition coefficient (Wildman–Crippen LogP) is 1.02. The number of esters is 1. The Morgan fingerprint density at radius 2 is 2.28 bits per heavy atom. The Hall–Kier alpha value is -1.63. The van der Waals surface area contributed by atoms with Crippen LogP contribution in [0, 0.1) is 5.82 Å². The molecule has 18 heavy (non-hydrogen) atoms. The summed E-state index contributed by atoms with van der Waals surface area (Å²) < 4.78 is 45.9. The minimum Gasteiger partial charge on any atom is -0.465 e. The summed E-state index contributed by atoms with van der Waals surface area (Å²) in [6.45, 7) is 1.64. The molecule has 2 rings (SSSR count). The molecule has 1 aromatic carbocycles. The highest BCUT2D eigenvalue weighted by molar-refractivity contribution is 7.88. The summed E-state index contributed by atoms with van der Waals surface area (Å²) in [7, 11) is -4.07. The van der Waals surface area contributed by atoms with Crippen molar-refractivity contribution >= 4 is 16.1 Å². The van der Waals surface area contributed by atoms with Crippen molar-refractivity contribution in [2.45, 2.75) is 18.6 Å². The van der Waals surface area contributed by atoms with Gasteiger partial charge < -0.3 is 8.92 Å². The van der Waals surface area contributed by atoms with Crippen LogP contribution in [0.25, 0.3) is 0 Å². The third-order valence-corrected chi connectivity index (χ3v) is 4.00. The third-order valence-electron chi connectivity index (χ3n) is 2.53. The van der Waals surface area contributed by atoms with Crippen molar-refractivity contribution in [3.8, 4) is 5.75 Å². The summed E-state index contributed by atoms with van der Waals surface area (Å²) in [6.07, 6.45) is -0.145. The van der Waals surface area contributed by atoms with Crippen LogP contribution >= 0.6 is 0 Å². The van der Waals surface area contributed by atoms with Gasteiger partial charge in [-0.2, -0.15) is 8.42 Å². The van der Waals surface area contributed by atoms with Gasteiger partial charge in [0, 0.05) is 12.0 Å². The highest BCUT2D eigenvalue weighted by Gasteiger charge is 2.40. The molecule has 1 aromatic rings. The molecule has 0 bridgehead atoms. The molecule has 0 N–H and O–H groups in total. The Balaban J connectivity index is 2.38. The molecule has 1 aliphatic heterocycles. The molecular formula is C11H11FO5S. The largest absolute Gasteiger partial charge is 0.465 e. The fraction of sp³-hybridized carbons (Fsp3) is 0.364. The van der Waals surface area contributed by atoms with Crippen LogP contribution in [0.4, 0.5) is 4.39 Å². The predicted molar refractivity (Wildman–Crippen MR) is 60.1 cm³/mol. The first-order chi connectivity index (χ1) is 8.44. The van der Waals surface area contributed by atoms with Crippen molar-refractivity contribution in [3.63, 3.8) is 0 Å². The Bertz CT molecular complexity index is 581. The van der Waals surface area contributed by atoms with Crippen LogP contribution in [0.5, 0.6) is 5.75 Å². The summed E-state index contributed by atoms with van der Waals surface area (Å²) in [6, 6.07) is 3.47. The molecule has 0 radical (unpaired) electrons. The molecule has 0 aromatic heterocycles. The number of carbonyl (C=O) groups is 1. The smallest absolute Gasteiger partial charge is 0.328 e. The molecular weight excluding hydrogens is 263 g/mol. The third kappa shape index (κ3) is 2.31. The highest BCUT2D eigenvalue weighted by Crippen LogP contribution is 2.30. The summed E-state index contributed by atoms with van der Waals surface area (Å²) in [5.74, 6) is -1.34. The molecule has 98 valence electrons. The van der Waals surface area contributed by atoms with Crippen LogP contribution in [-0.4, -0.2) is 26.2 Å². The van der Waals surface area contributed by atoms with Gasteiger partial charge in [-0.15, -0.1) is 0 Å². The average molecular weight is 274 g/mol. The summed E-state index contributed by atoms with van der Waals surface area (Å²) in [5, 5.41) is -1.44. The monoisotopic (exact) mass is 274 g/mol. The molecule has 1 unspecified atom stereocenters. The Morgan fingerprint density at radius 3 is 2.94 bits per heavy atom. The van der Waals surface area contributed by atoms with Gasteiger partial charge in [-0.1, -0.05) is 0 Å². The lowest BCUT2D eigenvalue weighted by atomic mass is 10.1. The lowest BCUT2D eigenvalue weighted by molar-refractivity contribution is -0.142. The van der Waals surface area contributed by atoms with E-state index in [0.29, 0.717) is 5.56 Å². The quantitative estimate of drug-likeness (QED) is 0.595. The summed E-state index contributed by atoms with van der Waals surface area (Å²) in [5.41, 5.74) is 0.336. The summed E-state index contributed by atoms with van der Waals surface area (Å²) >= 11 is 0. The van der Waals surface area contributed by atoms with E-state index in [0.717, 1.165) is 12.1 Å². The fourth-order valence-corrected chi connectivity index (χ4v) is 2.93. The van der Waals surface area contributed by atoms with Crippen molar-refractivity contribution in [1.29, 1.82) is 0 Å². The van der Waals surface area contributed by atoms with Gasteiger partial charge in [-0.3, -0.25) is 4.79 Å². The first kappa shape index (κ1) is 12.8. The zero-order chi connectivity index (χ0) is 13.3. The number of ether oxygens (including phenoxy) is 1. The molecule has 7 heteroatoms. The van der Waals surface area contributed by atoms with Crippen LogP contribution in [-0.2, 0) is 26.1 Å². The topological polar surface area (TPSA) is 69.7 Å². The minimum atomic E-state index is -4.07. The number of rotatable bonds is 2. The molecule has 0 amide bonds. The Labute approximate surface area is 104 Å². The lowest BCUT2D eigenvalue weighted by Crippen LogP contribution is -2.39. The van der Waals surface area contributed by atoms with E-state index in [1.165, 1.54) is 6.07 Å². The van der Waals surface area contributed by atoms with Crippen molar-refractivity contribution in [2.75, 3.05) is 6.61 Å². The first-order valence-corrected chi connectivity index (χ1v) is 6.79. The van der Waals surface area contributed by atoms with E-state index in [4.69, 9.17) is 4.18 Å². The summed E-state index contributed by atoms with van der Waals surface area (Å²) in [4.78, 5) is 11.5. The van der Waals surface area contributed by atoms with Crippen molar-refractivity contribution < 1.29 is 26.5 Å². The zero-order valence-corrected chi connectivity index (χ0v) is 10.4. The van der Waals surface area contributed by atoms with Crippen LogP contribution in [0.15, 0.2) is 18.2 Å². The molecule has 1 aliphatic rings. The van der Waals surface area contributed by atoms with E-state index in [9.17, 15) is 17.6 Å². The van der Waals surface area contributed by atoms with Gasteiger partial charge in [0.05, 0.1) is 6.61 Å². The molecule has 1 heterocycles. The van der Waals surface area contributed by atoms with E-state index in [-0.39, 0.29) is 18.8 Å². The molecule has 0 fully saturated rings. The van der Waals surface area contributed by atoms with Gasteiger partial charge in [0.15, 0.2) is 5.25 Å². The molecule has 0 saturated carbocycles. The maximum Gasteiger partial charge on any atom is 0.328 e. The van der Waals surface area contributed by atoms with Gasteiger partial charge in [-0.05, 0) is 25.1 Å².